The third-order valence-electron chi connectivity index (χ3n) is 3.63. The second-order valence-corrected chi connectivity index (χ2v) is 5.63. The fourth-order valence-electron chi connectivity index (χ4n) is 2.20. The number of rotatable bonds is 3. The minimum Gasteiger partial charge on any atom is -0.325 e. The van der Waals surface area contributed by atoms with Gasteiger partial charge in [0.2, 0.25) is 0 Å². The van der Waals surface area contributed by atoms with Crippen molar-refractivity contribution in [3.8, 4) is 0 Å². The van der Waals surface area contributed by atoms with Crippen LogP contribution in [0, 0.1) is 5.41 Å². The zero-order chi connectivity index (χ0) is 9.95. The van der Waals surface area contributed by atoms with Gasteiger partial charge in [0.25, 0.3) is 0 Å². The Morgan fingerprint density at radius 3 is 2.08 bits per heavy atom. The molecule has 0 spiro atoms. The fourth-order valence-corrected chi connectivity index (χ4v) is 2.20. The molecule has 13 heavy (non-hydrogen) atoms. The Balaban J connectivity index is 2.37. The van der Waals surface area contributed by atoms with E-state index in [1.54, 1.807) is 0 Å². The Bertz CT molecular complexity index is 151. The lowest BCUT2D eigenvalue weighted by Crippen LogP contribution is -2.44. The van der Waals surface area contributed by atoms with Crippen LogP contribution in [0.1, 0.15) is 65.7 Å². The molecule has 0 radical (unpaired) electrons. The molecule has 1 nitrogen and oxygen atoms in total. The molecular weight excluding hydrogens is 158 g/mol. The molecule has 1 aliphatic carbocycles. The van der Waals surface area contributed by atoms with Crippen LogP contribution in [0.3, 0.4) is 0 Å². The summed E-state index contributed by atoms with van der Waals surface area (Å²) in [6.45, 7) is 6.98. The molecule has 1 saturated carbocycles. The Hall–Kier alpha value is -0.0400. The molecule has 1 aliphatic rings. The molecule has 0 atom stereocenters. The van der Waals surface area contributed by atoms with Gasteiger partial charge in [-0.2, -0.15) is 0 Å². The molecule has 0 aromatic carbocycles. The van der Waals surface area contributed by atoms with E-state index in [4.69, 9.17) is 5.73 Å². The van der Waals surface area contributed by atoms with Gasteiger partial charge in [-0.25, -0.2) is 0 Å². The van der Waals surface area contributed by atoms with Crippen molar-refractivity contribution in [1.82, 2.24) is 0 Å². The zero-order valence-corrected chi connectivity index (χ0v) is 9.53. The first-order chi connectivity index (χ1) is 5.97. The highest BCUT2D eigenvalue weighted by atomic mass is 14.7. The first-order valence-corrected chi connectivity index (χ1v) is 5.76. The summed E-state index contributed by atoms with van der Waals surface area (Å²) in [6.07, 6.45) is 8.92. The summed E-state index contributed by atoms with van der Waals surface area (Å²) >= 11 is 0. The standard InChI is InChI=1S/C12H25N/c1-4-5-6-12(13)9-7-11(2,3)8-10-12/h4-10,13H2,1-3H3. The van der Waals surface area contributed by atoms with E-state index in [9.17, 15) is 0 Å². The van der Waals surface area contributed by atoms with Gasteiger partial charge in [-0.1, -0.05) is 33.6 Å². The molecule has 0 aromatic rings. The summed E-state index contributed by atoms with van der Waals surface area (Å²) in [4.78, 5) is 0. The highest BCUT2D eigenvalue weighted by molar-refractivity contribution is 4.92. The van der Waals surface area contributed by atoms with Crippen LogP contribution in [-0.2, 0) is 0 Å². The van der Waals surface area contributed by atoms with Crippen molar-refractivity contribution in [1.29, 1.82) is 0 Å². The van der Waals surface area contributed by atoms with Gasteiger partial charge in [-0.05, 0) is 37.5 Å². The molecule has 1 rings (SSSR count). The summed E-state index contributed by atoms with van der Waals surface area (Å²) < 4.78 is 0. The minimum atomic E-state index is 0.186. The van der Waals surface area contributed by atoms with Crippen LogP contribution in [-0.4, -0.2) is 5.54 Å². The van der Waals surface area contributed by atoms with E-state index in [2.05, 4.69) is 20.8 Å². The maximum atomic E-state index is 6.37. The van der Waals surface area contributed by atoms with Crippen molar-refractivity contribution in [3.05, 3.63) is 0 Å². The quantitative estimate of drug-likeness (QED) is 0.712. The average molecular weight is 183 g/mol. The van der Waals surface area contributed by atoms with Crippen LogP contribution in [0.2, 0.25) is 0 Å². The van der Waals surface area contributed by atoms with E-state index >= 15 is 0 Å². The van der Waals surface area contributed by atoms with Gasteiger partial charge in [-0.3, -0.25) is 0 Å². The summed E-state index contributed by atoms with van der Waals surface area (Å²) in [6, 6.07) is 0. The van der Waals surface area contributed by atoms with Gasteiger partial charge in [0.15, 0.2) is 0 Å². The first kappa shape index (κ1) is 11.0. The highest BCUT2D eigenvalue weighted by Crippen LogP contribution is 2.40. The van der Waals surface area contributed by atoms with Gasteiger partial charge in [0.1, 0.15) is 0 Å². The van der Waals surface area contributed by atoms with Gasteiger partial charge < -0.3 is 5.73 Å². The van der Waals surface area contributed by atoms with Crippen molar-refractivity contribution in [2.45, 2.75) is 71.3 Å². The monoisotopic (exact) mass is 183 g/mol. The van der Waals surface area contributed by atoms with Crippen LogP contribution >= 0.6 is 0 Å². The number of hydrogen-bond donors (Lipinski definition) is 1. The normalized spacial score (nSPS) is 25.8. The summed E-state index contributed by atoms with van der Waals surface area (Å²) in [5.74, 6) is 0. The van der Waals surface area contributed by atoms with E-state index < -0.39 is 0 Å². The predicted molar refractivity (Wildman–Crippen MR) is 58.7 cm³/mol. The average Bonchev–Trinajstić information content (AvgIpc) is 2.08. The highest BCUT2D eigenvalue weighted by Gasteiger charge is 2.34. The SMILES string of the molecule is CCCCC1(N)CCC(C)(C)CC1. The number of hydrogen-bond acceptors (Lipinski definition) is 1. The topological polar surface area (TPSA) is 26.0 Å². The van der Waals surface area contributed by atoms with Gasteiger partial charge in [-0.15, -0.1) is 0 Å². The zero-order valence-electron chi connectivity index (χ0n) is 9.53. The molecule has 0 unspecified atom stereocenters. The molecule has 0 heterocycles. The van der Waals surface area contributed by atoms with Gasteiger partial charge in [0.05, 0.1) is 0 Å². The predicted octanol–water partition coefficient (Wildman–Crippen LogP) is 3.47. The molecule has 78 valence electrons. The second-order valence-electron chi connectivity index (χ2n) is 5.63. The Labute approximate surface area is 83.1 Å². The van der Waals surface area contributed by atoms with Crippen LogP contribution in [0.5, 0.6) is 0 Å². The summed E-state index contributed by atoms with van der Waals surface area (Å²) in [5.41, 5.74) is 7.10. The molecule has 0 aromatic heterocycles. The van der Waals surface area contributed by atoms with Crippen molar-refractivity contribution in [2.24, 2.45) is 11.1 Å². The third-order valence-corrected chi connectivity index (χ3v) is 3.63. The van der Waals surface area contributed by atoms with Crippen molar-refractivity contribution in [2.75, 3.05) is 0 Å². The van der Waals surface area contributed by atoms with E-state index in [1.165, 1.54) is 44.9 Å². The molecule has 0 amide bonds. The molecule has 0 aliphatic heterocycles. The largest absolute Gasteiger partial charge is 0.325 e. The number of nitrogens with two attached hydrogens (primary N) is 1. The molecule has 1 fully saturated rings. The maximum Gasteiger partial charge on any atom is 0.0154 e. The fraction of sp³-hybridized carbons (Fsp3) is 1.00. The smallest absolute Gasteiger partial charge is 0.0154 e. The van der Waals surface area contributed by atoms with E-state index in [0.29, 0.717) is 5.41 Å². The second kappa shape index (κ2) is 4.00. The Kier molecular flexibility index (Phi) is 3.39. The lowest BCUT2D eigenvalue weighted by atomic mass is 9.68. The Morgan fingerprint density at radius 1 is 1.08 bits per heavy atom. The van der Waals surface area contributed by atoms with E-state index in [-0.39, 0.29) is 5.54 Å². The molecule has 0 saturated heterocycles. The van der Waals surface area contributed by atoms with Crippen molar-refractivity contribution in [3.63, 3.8) is 0 Å². The lowest BCUT2D eigenvalue weighted by molar-refractivity contribution is 0.156. The lowest BCUT2D eigenvalue weighted by Gasteiger charge is -2.41. The van der Waals surface area contributed by atoms with Gasteiger partial charge >= 0.3 is 0 Å². The molecule has 1 heteroatoms. The molecule has 2 N–H and O–H groups in total. The minimum absolute atomic E-state index is 0.186. The molecule has 0 bridgehead atoms. The number of unbranched alkanes of at least 4 members (excludes halogenated alkanes) is 1. The van der Waals surface area contributed by atoms with Crippen molar-refractivity contribution < 1.29 is 0 Å². The third kappa shape index (κ3) is 3.30. The van der Waals surface area contributed by atoms with Crippen LogP contribution in [0.4, 0.5) is 0 Å². The maximum absolute atomic E-state index is 6.37. The summed E-state index contributed by atoms with van der Waals surface area (Å²) in [5, 5.41) is 0. The summed E-state index contributed by atoms with van der Waals surface area (Å²) in [7, 11) is 0. The van der Waals surface area contributed by atoms with Crippen LogP contribution in [0.25, 0.3) is 0 Å². The van der Waals surface area contributed by atoms with Crippen LogP contribution in [0.15, 0.2) is 0 Å². The Morgan fingerprint density at radius 2 is 1.62 bits per heavy atom. The molecular formula is C12H25N. The van der Waals surface area contributed by atoms with Crippen molar-refractivity contribution >= 4 is 0 Å². The van der Waals surface area contributed by atoms with Gasteiger partial charge in [0, 0.05) is 5.54 Å². The van der Waals surface area contributed by atoms with Crippen LogP contribution < -0.4 is 5.73 Å². The first-order valence-electron chi connectivity index (χ1n) is 5.76. The van der Waals surface area contributed by atoms with E-state index in [1.807, 2.05) is 0 Å². The van der Waals surface area contributed by atoms with E-state index in [0.717, 1.165) is 0 Å².